The quantitative estimate of drug-likeness (QED) is 0.744. The molecule has 0 saturated carbocycles. The highest BCUT2D eigenvalue weighted by Crippen LogP contribution is 2.33. The van der Waals surface area contributed by atoms with Gasteiger partial charge in [0.05, 0.1) is 25.7 Å². The summed E-state index contributed by atoms with van der Waals surface area (Å²) in [5.41, 5.74) is 2.53. The summed E-state index contributed by atoms with van der Waals surface area (Å²) in [4.78, 5) is 12.7. The van der Waals surface area contributed by atoms with Crippen molar-refractivity contribution in [3.8, 4) is 11.5 Å². The normalized spacial score (nSPS) is 13.6. The Balaban J connectivity index is 1.89. The maximum absolute atomic E-state index is 12.7. The number of hydrogen-bond donors (Lipinski definition) is 1. The van der Waals surface area contributed by atoms with Crippen molar-refractivity contribution in [3.63, 3.8) is 0 Å². The van der Waals surface area contributed by atoms with E-state index in [1.54, 1.807) is 30.3 Å². The Morgan fingerprint density at radius 3 is 2.41 bits per heavy atom. The number of nitrogens with zero attached hydrogens (tertiary/aromatic N) is 1. The molecule has 1 N–H and O–H groups in total. The zero-order chi connectivity index (χ0) is 21.0. The highest BCUT2D eigenvalue weighted by Gasteiger charge is 2.27. The van der Waals surface area contributed by atoms with Crippen LogP contribution in [0.4, 0.5) is 11.4 Å². The van der Waals surface area contributed by atoms with Crippen molar-refractivity contribution in [2.24, 2.45) is 0 Å². The number of rotatable bonds is 7. The molecule has 7 nitrogen and oxygen atoms in total. The molecule has 3 rings (SSSR count). The molecule has 2 aromatic rings. The lowest BCUT2D eigenvalue weighted by atomic mass is 10.0. The predicted molar refractivity (Wildman–Crippen MR) is 114 cm³/mol. The number of anilines is 2. The highest BCUT2D eigenvalue weighted by molar-refractivity contribution is 7.92. The summed E-state index contributed by atoms with van der Waals surface area (Å²) < 4.78 is 37.2. The van der Waals surface area contributed by atoms with Crippen LogP contribution in [0.3, 0.4) is 0 Å². The first kappa shape index (κ1) is 21.0. The summed E-state index contributed by atoms with van der Waals surface area (Å²) in [5.74, 6) is 0.793. The van der Waals surface area contributed by atoms with Gasteiger partial charge >= 0.3 is 0 Å². The first-order chi connectivity index (χ1) is 13.9. The van der Waals surface area contributed by atoms with Gasteiger partial charge in [-0.05, 0) is 49.1 Å². The summed E-state index contributed by atoms with van der Waals surface area (Å²) in [7, 11) is -0.336. The summed E-state index contributed by atoms with van der Waals surface area (Å²) in [6, 6.07) is 10.3. The van der Waals surface area contributed by atoms with E-state index in [2.05, 4.69) is 5.32 Å². The molecule has 2 aromatic carbocycles. The predicted octanol–water partition coefficient (Wildman–Crippen LogP) is 3.45. The molecular weight excluding hydrogens is 392 g/mol. The number of carbonyl (C=O) groups excluding carboxylic acids is 1. The average Bonchev–Trinajstić information content (AvgIpc) is 2.72. The SMILES string of the molecule is CCCS(=O)(=O)N1CCCc2ccc(NC(=O)c3cc(OC)cc(OC)c3)cc21. The van der Waals surface area contributed by atoms with Crippen LogP contribution in [-0.2, 0) is 16.4 Å². The van der Waals surface area contributed by atoms with Gasteiger partial charge in [-0.15, -0.1) is 0 Å². The third kappa shape index (κ3) is 4.64. The topological polar surface area (TPSA) is 84.9 Å². The van der Waals surface area contributed by atoms with Crippen LogP contribution in [0.1, 0.15) is 35.7 Å². The van der Waals surface area contributed by atoms with Crippen molar-refractivity contribution in [1.29, 1.82) is 0 Å². The van der Waals surface area contributed by atoms with Crippen molar-refractivity contribution in [1.82, 2.24) is 0 Å². The van der Waals surface area contributed by atoms with E-state index < -0.39 is 10.0 Å². The van der Waals surface area contributed by atoms with Crippen LogP contribution in [0.5, 0.6) is 11.5 Å². The van der Waals surface area contributed by atoms with Gasteiger partial charge in [-0.2, -0.15) is 0 Å². The smallest absolute Gasteiger partial charge is 0.255 e. The van der Waals surface area contributed by atoms with Crippen LogP contribution in [-0.4, -0.2) is 40.8 Å². The van der Waals surface area contributed by atoms with Crippen molar-refractivity contribution >= 4 is 27.3 Å². The number of methoxy groups -OCH3 is 2. The molecule has 1 aliphatic rings. The number of carbonyl (C=O) groups is 1. The molecule has 1 amide bonds. The van der Waals surface area contributed by atoms with E-state index in [0.717, 1.165) is 18.4 Å². The number of ether oxygens (including phenoxy) is 2. The number of sulfonamides is 1. The maximum atomic E-state index is 12.7. The Morgan fingerprint density at radius 2 is 1.79 bits per heavy atom. The molecule has 29 heavy (non-hydrogen) atoms. The molecule has 0 unspecified atom stereocenters. The van der Waals surface area contributed by atoms with E-state index in [1.165, 1.54) is 18.5 Å². The zero-order valence-electron chi connectivity index (χ0n) is 16.9. The fourth-order valence-electron chi connectivity index (χ4n) is 3.42. The zero-order valence-corrected chi connectivity index (χ0v) is 17.7. The van der Waals surface area contributed by atoms with Gasteiger partial charge in [-0.3, -0.25) is 9.10 Å². The van der Waals surface area contributed by atoms with Crippen molar-refractivity contribution in [2.45, 2.75) is 26.2 Å². The van der Waals surface area contributed by atoms with Crippen LogP contribution in [0.15, 0.2) is 36.4 Å². The average molecular weight is 419 g/mol. The highest BCUT2D eigenvalue weighted by atomic mass is 32.2. The molecule has 0 aromatic heterocycles. The molecule has 0 spiro atoms. The number of fused-ring (bicyclic) bond motifs is 1. The number of amides is 1. The Labute approximate surface area is 171 Å². The van der Waals surface area contributed by atoms with E-state index in [9.17, 15) is 13.2 Å². The van der Waals surface area contributed by atoms with E-state index in [0.29, 0.717) is 41.4 Å². The molecular formula is C21H26N2O5S. The second kappa shape index (κ2) is 8.73. The fraction of sp³-hybridized carbons (Fsp3) is 0.381. The van der Waals surface area contributed by atoms with Crippen LogP contribution < -0.4 is 19.1 Å². The van der Waals surface area contributed by atoms with Crippen molar-refractivity contribution in [2.75, 3.05) is 36.1 Å². The van der Waals surface area contributed by atoms with Crippen LogP contribution >= 0.6 is 0 Å². The molecule has 0 fully saturated rings. The Hall–Kier alpha value is -2.74. The maximum Gasteiger partial charge on any atom is 0.255 e. The van der Waals surface area contributed by atoms with Crippen LogP contribution in [0.25, 0.3) is 0 Å². The summed E-state index contributed by atoms with van der Waals surface area (Å²) in [6.45, 7) is 2.31. The first-order valence-corrected chi connectivity index (χ1v) is 11.2. The van der Waals surface area contributed by atoms with Crippen LogP contribution in [0, 0.1) is 0 Å². The number of benzene rings is 2. The Morgan fingerprint density at radius 1 is 1.10 bits per heavy atom. The fourth-order valence-corrected chi connectivity index (χ4v) is 5.03. The van der Waals surface area contributed by atoms with Crippen molar-refractivity contribution in [3.05, 3.63) is 47.5 Å². The summed E-state index contributed by atoms with van der Waals surface area (Å²) in [5, 5.41) is 2.84. The molecule has 0 aliphatic carbocycles. The van der Waals surface area contributed by atoms with E-state index in [-0.39, 0.29) is 11.7 Å². The molecule has 1 heterocycles. The van der Waals surface area contributed by atoms with Gasteiger partial charge in [0.1, 0.15) is 11.5 Å². The molecule has 156 valence electrons. The van der Waals surface area contributed by atoms with Gasteiger partial charge in [-0.25, -0.2) is 8.42 Å². The van der Waals surface area contributed by atoms with E-state index >= 15 is 0 Å². The minimum absolute atomic E-state index is 0.104. The Kier molecular flexibility index (Phi) is 6.32. The molecule has 0 radical (unpaired) electrons. The minimum atomic E-state index is -3.37. The van der Waals surface area contributed by atoms with Gasteiger partial charge in [0.2, 0.25) is 10.0 Å². The lowest BCUT2D eigenvalue weighted by Gasteiger charge is -2.31. The summed E-state index contributed by atoms with van der Waals surface area (Å²) >= 11 is 0. The molecule has 0 bridgehead atoms. The third-order valence-electron chi connectivity index (χ3n) is 4.83. The van der Waals surface area contributed by atoms with Gasteiger partial charge in [0.15, 0.2) is 0 Å². The lowest BCUT2D eigenvalue weighted by molar-refractivity contribution is 0.102. The van der Waals surface area contributed by atoms with Crippen molar-refractivity contribution < 1.29 is 22.7 Å². The van der Waals surface area contributed by atoms with Gasteiger partial charge in [-0.1, -0.05) is 13.0 Å². The molecule has 1 aliphatic heterocycles. The summed E-state index contributed by atoms with van der Waals surface area (Å²) in [6.07, 6.45) is 2.16. The third-order valence-corrected chi connectivity index (χ3v) is 6.81. The standard InChI is InChI=1S/C21H26N2O5S/c1-4-10-29(25,26)23-9-5-6-15-7-8-17(13-20(15)23)22-21(24)16-11-18(27-2)14-19(12-16)28-3/h7-8,11-14H,4-6,9-10H2,1-3H3,(H,22,24). The van der Waals surface area contributed by atoms with Gasteiger partial charge in [0, 0.05) is 23.9 Å². The monoisotopic (exact) mass is 418 g/mol. The number of nitrogens with one attached hydrogen (secondary N) is 1. The Bertz CT molecular complexity index is 982. The second-order valence-corrected chi connectivity index (χ2v) is 8.90. The van der Waals surface area contributed by atoms with E-state index in [4.69, 9.17) is 9.47 Å². The molecule has 0 saturated heterocycles. The van der Waals surface area contributed by atoms with Gasteiger partial charge < -0.3 is 14.8 Å². The minimum Gasteiger partial charge on any atom is -0.497 e. The molecule has 8 heteroatoms. The number of hydrogen-bond acceptors (Lipinski definition) is 5. The first-order valence-electron chi connectivity index (χ1n) is 9.55. The lowest BCUT2D eigenvalue weighted by Crippen LogP contribution is -2.37. The second-order valence-electron chi connectivity index (χ2n) is 6.89. The number of aryl methyl sites for hydroxylation is 1. The largest absolute Gasteiger partial charge is 0.497 e. The molecule has 0 atom stereocenters. The van der Waals surface area contributed by atoms with Gasteiger partial charge in [0.25, 0.3) is 5.91 Å². The van der Waals surface area contributed by atoms with E-state index in [1.807, 2.05) is 13.0 Å². The van der Waals surface area contributed by atoms with Crippen LogP contribution in [0.2, 0.25) is 0 Å².